The van der Waals surface area contributed by atoms with Gasteiger partial charge >= 0.3 is 0 Å². The van der Waals surface area contributed by atoms with Crippen LogP contribution >= 0.6 is 11.3 Å². The standard InChI is InChI=1S/C10H16N2OS/c1-13-6-4-10-12-9(7-14-10)8-3-2-5-11-8/h7-8,11H,2-6H2,1H3. The summed E-state index contributed by atoms with van der Waals surface area (Å²) in [4.78, 5) is 4.61. The number of rotatable bonds is 4. The molecule has 14 heavy (non-hydrogen) atoms. The highest BCUT2D eigenvalue weighted by Gasteiger charge is 2.18. The van der Waals surface area contributed by atoms with E-state index in [1.807, 2.05) is 0 Å². The molecule has 1 unspecified atom stereocenters. The molecule has 0 radical (unpaired) electrons. The number of hydrogen-bond donors (Lipinski definition) is 1. The lowest BCUT2D eigenvalue weighted by Gasteiger charge is -2.04. The number of methoxy groups -OCH3 is 1. The van der Waals surface area contributed by atoms with Gasteiger partial charge in [-0.3, -0.25) is 0 Å². The number of nitrogens with one attached hydrogen (secondary N) is 1. The van der Waals surface area contributed by atoms with Crippen molar-refractivity contribution in [3.05, 3.63) is 16.1 Å². The van der Waals surface area contributed by atoms with Gasteiger partial charge in [0.05, 0.1) is 23.4 Å². The lowest BCUT2D eigenvalue weighted by atomic mass is 10.2. The second-order valence-electron chi connectivity index (χ2n) is 3.56. The third-order valence-electron chi connectivity index (χ3n) is 2.51. The molecular formula is C10H16N2OS. The van der Waals surface area contributed by atoms with Crippen LogP contribution in [0.15, 0.2) is 5.38 Å². The van der Waals surface area contributed by atoms with E-state index in [2.05, 4.69) is 15.7 Å². The largest absolute Gasteiger partial charge is 0.384 e. The first kappa shape index (κ1) is 10.1. The third-order valence-corrected chi connectivity index (χ3v) is 3.43. The van der Waals surface area contributed by atoms with Crippen molar-refractivity contribution >= 4 is 11.3 Å². The summed E-state index contributed by atoms with van der Waals surface area (Å²) in [6, 6.07) is 0.502. The summed E-state index contributed by atoms with van der Waals surface area (Å²) in [6.45, 7) is 1.90. The number of ether oxygens (including phenoxy) is 1. The molecule has 0 saturated carbocycles. The number of hydrogen-bond acceptors (Lipinski definition) is 4. The number of aromatic nitrogens is 1. The Hall–Kier alpha value is -0.450. The lowest BCUT2D eigenvalue weighted by molar-refractivity contribution is 0.202. The molecule has 0 spiro atoms. The Bertz CT molecular complexity index is 281. The van der Waals surface area contributed by atoms with Gasteiger partial charge < -0.3 is 10.1 Å². The normalized spacial score (nSPS) is 21.6. The molecule has 2 heterocycles. The van der Waals surface area contributed by atoms with Crippen molar-refractivity contribution in [2.45, 2.75) is 25.3 Å². The predicted molar refractivity (Wildman–Crippen MR) is 57.7 cm³/mol. The lowest BCUT2D eigenvalue weighted by Crippen LogP contribution is -2.13. The van der Waals surface area contributed by atoms with Crippen LogP contribution in [0.25, 0.3) is 0 Å². The Morgan fingerprint density at radius 2 is 2.64 bits per heavy atom. The molecule has 1 aromatic heterocycles. The van der Waals surface area contributed by atoms with Crippen LogP contribution in [0.4, 0.5) is 0 Å². The molecule has 4 heteroatoms. The molecule has 1 atom stereocenters. The van der Waals surface area contributed by atoms with Crippen molar-refractivity contribution in [1.29, 1.82) is 0 Å². The van der Waals surface area contributed by atoms with Crippen molar-refractivity contribution in [3.8, 4) is 0 Å². The first-order valence-electron chi connectivity index (χ1n) is 5.07. The van der Waals surface area contributed by atoms with E-state index >= 15 is 0 Å². The summed E-state index contributed by atoms with van der Waals surface area (Å²) in [5, 5.41) is 6.82. The maximum Gasteiger partial charge on any atom is 0.0951 e. The van der Waals surface area contributed by atoms with E-state index in [-0.39, 0.29) is 0 Å². The van der Waals surface area contributed by atoms with Gasteiger partial charge in [0, 0.05) is 18.9 Å². The molecule has 2 rings (SSSR count). The van der Waals surface area contributed by atoms with Gasteiger partial charge in [0.25, 0.3) is 0 Å². The van der Waals surface area contributed by atoms with Gasteiger partial charge in [-0.15, -0.1) is 11.3 Å². The highest BCUT2D eigenvalue weighted by atomic mass is 32.1. The smallest absolute Gasteiger partial charge is 0.0951 e. The van der Waals surface area contributed by atoms with E-state index in [1.165, 1.54) is 23.5 Å². The van der Waals surface area contributed by atoms with Crippen LogP contribution in [-0.2, 0) is 11.2 Å². The summed E-state index contributed by atoms with van der Waals surface area (Å²) >= 11 is 1.75. The van der Waals surface area contributed by atoms with E-state index in [0.717, 1.165) is 19.6 Å². The average Bonchev–Trinajstić information content (AvgIpc) is 2.85. The Balaban J connectivity index is 1.94. The molecule has 1 aromatic rings. The molecular weight excluding hydrogens is 196 g/mol. The van der Waals surface area contributed by atoms with Gasteiger partial charge in [-0.2, -0.15) is 0 Å². The fourth-order valence-corrected chi connectivity index (χ4v) is 2.56. The molecule has 3 nitrogen and oxygen atoms in total. The van der Waals surface area contributed by atoms with Gasteiger partial charge in [0.1, 0.15) is 0 Å². The predicted octanol–water partition coefficient (Wildman–Crippen LogP) is 1.76. The average molecular weight is 212 g/mol. The third kappa shape index (κ3) is 2.32. The minimum atomic E-state index is 0.502. The molecule has 1 N–H and O–H groups in total. The van der Waals surface area contributed by atoms with Crippen LogP contribution in [0.1, 0.15) is 29.6 Å². The second kappa shape index (κ2) is 4.87. The summed E-state index contributed by atoms with van der Waals surface area (Å²) in [6.07, 6.45) is 3.44. The molecule has 78 valence electrons. The number of thiazole rings is 1. The monoisotopic (exact) mass is 212 g/mol. The maximum atomic E-state index is 5.03. The Labute approximate surface area is 88.5 Å². The Morgan fingerprint density at radius 1 is 1.71 bits per heavy atom. The van der Waals surface area contributed by atoms with Crippen molar-refractivity contribution in [1.82, 2.24) is 10.3 Å². The fraction of sp³-hybridized carbons (Fsp3) is 0.700. The summed E-state index contributed by atoms with van der Waals surface area (Å²) in [5.74, 6) is 0. The topological polar surface area (TPSA) is 34.1 Å². The Morgan fingerprint density at radius 3 is 3.36 bits per heavy atom. The van der Waals surface area contributed by atoms with E-state index < -0.39 is 0 Å². The quantitative estimate of drug-likeness (QED) is 0.825. The van der Waals surface area contributed by atoms with Crippen LogP contribution < -0.4 is 5.32 Å². The SMILES string of the molecule is COCCc1nc(C2CCCN2)cs1. The highest BCUT2D eigenvalue weighted by Crippen LogP contribution is 2.24. The molecule has 1 aliphatic heterocycles. The fourth-order valence-electron chi connectivity index (χ4n) is 1.73. The molecule has 1 aliphatic rings. The molecule has 0 amide bonds. The van der Waals surface area contributed by atoms with Crippen molar-refractivity contribution in [2.24, 2.45) is 0 Å². The summed E-state index contributed by atoms with van der Waals surface area (Å²) in [5.41, 5.74) is 1.22. The molecule has 1 fully saturated rings. The van der Waals surface area contributed by atoms with Crippen molar-refractivity contribution in [2.75, 3.05) is 20.3 Å². The van der Waals surface area contributed by atoms with Crippen molar-refractivity contribution < 1.29 is 4.74 Å². The first-order valence-corrected chi connectivity index (χ1v) is 5.94. The molecule has 1 saturated heterocycles. The minimum Gasteiger partial charge on any atom is -0.384 e. The maximum absolute atomic E-state index is 5.03. The zero-order valence-electron chi connectivity index (χ0n) is 8.45. The van der Waals surface area contributed by atoms with Crippen LogP contribution in [0.5, 0.6) is 0 Å². The van der Waals surface area contributed by atoms with Gasteiger partial charge in [-0.1, -0.05) is 0 Å². The van der Waals surface area contributed by atoms with Gasteiger partial charge in [0.2, 0.25) is 0 Å². The Kier molecular flexibility index (Phi) is 3.50. The van der Waals surface area contributed by atoms with Crippen LogP contribution in [-0.4, -0.2) is 25.2 Å². The first-order chi connectivity index (χ1) is 6.90. The molecule has 0 aliphatic carbocycles. The van der Waals surface area contributed by atoms with Gasteiger partial charge in [0.15, 0.2) is 0 Å². The van der Waals surface area contributed by atoms with E-state index in [4.69, 9.17) is 4.74 Å². The van der Waals surface area contributed by atoms with Crippen LogP contribution in [0, 0.1) is 0 Å². The number of nitrogens with zero attached hydrogens (tertiary/aromatic N) is 1. The minimum absolute atomic E-state index is 0.502. The highest BCUT2D eigenvalue weighted by molar-refractivity contribution is 7.09. The van der Waals surface area contributed by atoms with Crippen LogP contribution in [0.3, 0.4) is 0 Å². The zero-order valence-corrected chi connectivity index (χ0v) is 9.27. The molecule has 0 aromatic carbocycles. The summed E-state index contributed by atoms with van der Waals surface area (Å²) < 4.78 is 5.03. The van der Waals surface area contributed by atoms with Crippen molar-refractivity contribution in [3.63, 3.8) is 0 Å². The van der Waals surface area contributed by atoms with Crippen LogP contribution in [0.2, 0.25) is 0 Å². The van der Waals surface area contributed by atoms with E-state index in [9.17, 15) is 0 Å². The zero-order chi connectivity index (χ0) is 9.80. The summed E-state index contributed by atoms with van der Waals surface area (Å²) in [7, 11) is 1.73. The van der Waals surface area contributed by atoms with E-state index in [0.29, 0.717) is 6.04 Å². The van der Waals surface area contributed by atoms with Gasteiger partial charge in [-0.25, -0.2) is 4.98 Å². The molecule has 0 bridgehead atoms. The van der Waals surface area contributed by atoms with Gasteiger partial charge in [-0.05, 0) is 19.4 Å². The second-order valence-corrected chi connectivity index (χ2v) is 4.50. The van der Waals surface area contributed by atoms with E-state index in [1.54, 1.807) is 18.4 Å².